The first-order chi connectivity index (χ1) is 9.16. The average Bonchev–Trinajstić information content (AvgIpc) is 2.38. The fraction of sp³-hybridized carbons (Fsp3) is 0.286. The summed E-state index contributed by atoms with van der Waals surface area (Å²) in [5.41, 5.74) is 0.961. The number of hydrogen-bond donors (Lipinski definition) is 1. The van der Waals surface area contributed by atoms with Gasteiger partial charge < -0.3 is 4.74 Å². The van der Waals surface area contributed by atoms with Crippen LogP contribution in [0.25, 0.3) is 0 Å². The van der Waals surface area contributed by atoms with E-state index in [2.05, 4.69) is 4.98 Å². The van der Waals surface area contributed by atoms with Crippen molar-refractivity contribution in [3.05, 3.63) is 68.5 Å². The molecule has 1 heterocycles. The van der Waals surface area contributed by atoms with Crippen LogP contribution in [0.3, 0.4) is 0 Å². The molecule has 0 fully saturated rings. The number of ether oxygens (including phenoxy) is 1. The summed E-state index contributed by atoms with van der Waals surface area (Å²) in [6, 6.07) is 11.2. The van der Waals surface area contributed by atoms with Crippen LogP contribution in [0.1, 0.15) is 11.3 Å². The van der Waals surface area contributed by atoms with Gasteiger partial charge in [0, 0.05) is 11.8 Å². The van der Waals surface area contributed by atoms with Gasteiger partial charge in [0.25, 0.3) is 5.56 Å². The zero-order chi connectivity index (χ0) is 13.7. The van der Waals surface area contributed by atoms with Crippen LogP contribution in [0, 0.1) is 6.92 Å². The molecule has 1 aromatic heterocycles. The number of benzene rings is 1. The first-order valence-electron chi connectivity index (χ1n) is 6.09. The van der Waals surface area contributed by atoms with E-state index >= 15 is 0 Å². The van der Waals surface area contributed by atoms with Gasteiger partial charge in [0.05, 0.1) is 19.8 Å². The average molecular weight is 260 g/mol. The molecule has 0 aliphatic rings. The molecule has 0 atom stereocenters. The van der Waals surface area contributed by atoms with Crippen LogP contribution >= 0.6 is 0 Å². The number of hydrogen-bond acceptors (Lipinski definition) is 3. The Hall–Kier alpha value is -2.14. The van der Waals surface area contributed by atoms with E-state index in [1.807, 2.05) is 30.3 Å². The molecule has 0 unspecified atom stereocenters. The number of nitrogens with zero attached hydrogens (tertiary/aromatic N) is 1. The van der Waals surface area contributed by atoms with Crippen LogP contribution in [0.15, 0.2) is 46.0 Å². The van der Waals surface area contributed by atoms with Crippen molar-refractivity contribution in [2.24, 2.45) is 0 Å². The topological polar surface area (TPSA) is 64.1 Å². The Morgan fingerprint density at radius 2 is 1.95 bits per heavy atom. The highest BCUT2D eigenvalue weighted by Gasteiger charge is 2.01. The molecule has 0 aliphatic heterocycles. The van der Waals surface area contributed by atoms with Gasteiger partial charge in [-0.3, -0.25) is 14.3 Å². The van der Waals surface area contributed by atoms with Gasteiger partial charge in [0.2, 0.25) is 0 Å². The number of aromatic amines is 1. The predicted molar refractivity (Wildman–Crippen MR) is 72.2 cm³/mol. The summed E-state index contributed by atoms with van der Waals surface area (Å²) < 4.78 is 7.00. The van der Waals surface area contributed by atoms with E-state index < -0.39 is 5.69 Å². The second-order valence-corrected chi connectivity index (χ2v) is 4.27. The number of aromatic nitrogens is 2. The summed E-state index contributed by atoms with van der Waals surface area (Å²) in [5.74, 6) is 0. The highest BCUT2D eigenvalue weighted by Crippen LogP contribution is 2.00. The van der Waals surface area contributed by atoms with Crippen molar-refractivity contribution in [3.63, 3.8) is 0 Å². The van der Waals surface area contributed by atoms with Crippen LogP contribution in [0.2, 0.25) is 0 Å². The molecule has 0 spiro atoms. The molecule has 0 saturated heterocycles. The number of H-pyrrole nitrogens is 1. The van der Waals surface area contributed by atoms with Crippen molar-refractivity contribution >= 4 is 0 Å². The highest BCUT2D eigenvalue weighted by atomic mass is 16.5. The maximum Gasteiger partial charge on any atom is 0.328 e. The normalized spacial score (nSPS) is 10.6. The Kier molecular flexibility index (Phi) is 4.30. The van der Waals surface area contributed by atoms with E-state index in [0.717, 1.165) is 5.56 Å². The van der Waals surface area contributed by atoms with E-state index in [1.54, 1.807) is 6.92 Å². The lowest BCUT2D eigenvalue weighted by atomic mass is 10.2. The lowest BCUT2D eigenvalue weighted by Gasteiger charge is -2.09. The molecular weight excluding hydrogens is 244 g/mol. The molecule has 5 heteroatoms. The summed E-state index contributed by atoms with van der Waals surface area (Å²) in [5, 5.41) is 0. The fourth-order valence-corrected chi connectivity index (χ4v) is 1.83. The van der Waals surface area contributed by atoms with Crippen molar-refractivity contribution in [2.75, 3.05) is 6.61 Å². The minimum absolute atomic E-state index is 0.371. The molecule has 0 amide bonds. The second kappa shape index (κ2) is 6.15. The number of rotatable bonds is 5. The first-order valence-corrected chi connectivity index (χ1v) is 6.09. The molecular formula is C14H16N2O3. The van der Waals surface area contributed by atoms with Crippen molar-refractivity contribution in [2.45, 2.75) is 20.1 Å². The smallest absolute Gasteiger partial charge is 0.328 e. The maximum absolute atomic E-state index is 11.6. The zero-order valence-electron chi connectivity index (χ0n) is 10.8. The van der Waals surface area contributed by atoms with Gasteiger partial charge in [-0.05, 0) is 12.5 Å². The Morgan fingerprint density at radius 1 is 1.21 bits per heavy atom. The standard InChI is InChI=1S/C14H16N2O3/c1-11-9-13(17)15-14(18)16(11)7-8-19-10-12-5-3-2-4-6-12/h2-6,9H,7-8,10H2,1H3,(H,15,17,18). The molecule has 1 N–H and O–H groups in total. The molecule has 0 radical (unpaired) electrons. The van der Waals surface area contributed by atoms with Crippen molar-refractivity contribution in [1.82, 2.24) is 9.55 Å². The second-order valence-electron chi connectivity index (χ2n) is 4.27. The third kappa shape index (κ3) is 3.66. The molecule has 19 heavy (non-hydrogen) atoms. The van der Waals surface area contributed by atoms with Crippen LogP contribution in [0.5, 0.6) is 0 Å². The van der Waals surface area contributed by atoms with E-state index in [-0.39, 0.29) is 5.56 Å². The summed E-state index contributed by atoms with van der Waals surface area (Å²) in [6.45, 7) is 3.09. The minimum Gasteiger partial charge on any atom is -0.375 e. The predicted octanol–water partition coefficient (Wildman–Crippen LogP) is 1.06. The van der Waals surface area contributed by atoms with Crippen LogP contribution < -0.4 is 11.2 Å². The van der Waals surface area contributed by atoms with Gasteiger partial charge in [-0.25, -0.2) is 4.79 Å². The van der Waals surface area contributed by atoms with Gasteiger partial charge in [0.1, 0.15) is 0 Å². The summed E-state index contributed by atoms with van der Waals surface area (Å²) in [4.78, 5) is 24.9. The quantitative estimate of drug-likeness (QED) is 0.818. The van der Waals surface area contributed by atoms with E-state index in [9.17, 15) is 9.59 Å². The molecule has 2 aromatic rings. The molecule has 0 saturated carbocycles. The SMILES string of the molecule is Cc1cc(=O)[nH]c(=O)n1CCOCc1ccccc1. The Balaban J connectivity index is 1.90. The van der Waals surface area contributed by atoms with E-state index in [0.29, 0.717) is 25.5 Å². The molecule has 0 bridgehead atoms. The fourth-order valence-electron chi connectivity index (χ4n) is 1.83. The van der Waals surface area contributed by atoms with Crippen molar-refractivity contribution in [3.8, 4) is 0 Å². The number of aryl methyl sites for hydroxylation is 1. The first kappa shape index (κ1) is 13.3. The van der Waals surface area contributed by atoms with Gasteiger partial charge in [-0.15, -0.1) is 0 Å². The van der Waals surface area contributed by atoms with Crippen molar-refractivity contribution in [1.29, 1.82) is 0 Å². The van der Waals surface area contributed by atoms with Gasteiger partial charge in [-0.2, -0.15) is 0 Å². The molecule has 5 nitrogen and oxygen atoms in total. The molecule has 1 aromatic carbocycles. The van der Waals surface area contributed by atoms with Gasteiger partial charge >= 0.3 is 5.69 Å². The monoisotopic (exact) mass is 260 g/mol. The van der Waals surface area contributed by atoms with Crippen LogP contribution in [-0.4, -0.2) is 16.2 Å². The summed E-state index contributed by atoms with van der Waals surface area (Å²) in [6.07, 6.45) is 0. The Morgan fingerprint density at radius 3 is 2.63 bits per heavy atom. The van der Waals surface area contributed by atoms with Gasteiger partial charge in [-0.1, -0.05) is 30.3 Å². The number of nitrogens with one attached hydrogen (secondary N) is 1. The van der Waals surface area contributed by atoms with E-state index in [1.165, 1.54) is 10.6 Å². The lowest BCUT2D eigenvalue weighted by molar-refractivity contribution is 0.112. The van der Waals surface area contributed by atoms with Crippen LogP contribution in [0.4, 0.5) is 0 Å². The summed E-state index contributed by atoms with van der Waals surface area (Å²) in [7, 11) is 0. The van der Waals surface area contributed by atoms with E-state index in [4.69, 9.17) is 4.74 Å². The molecule has 0 aliphatic carbocycles. The molecule has 2 rings (SSSR count). The van der Waals surface area contributed by atoms with Gasteiger partial charge in [0.15, 0.2) is 0 Å². The molecule has 100 valence electrons. The lowest BCUT2D eigenvalue weighted by Crippen LogP contribution is -2.32. The summed E-state index contributed by atoms with van der Waals surface area (Å²) >= 11 is 0. The Bertz CT molecular complexity index is 644. The zero-order valence-corrected chi connectivity index (χ0v) is 10.8. The van der Waals surface area contributed by atoms with Crippen molar-refractivity contribution < 1.29 is 4.74 Å². The van der Waals surface area contributed by atoms with Crippen LogP contribution in [-0.2, 0) is 17.9 Å². The highest BCUT2D eigenvalue weighted by molar-refractivity contribution is 5.13. The maximum atomic E-state index is 11.6. The third-order valence-electron chi connectivity index (χ3n) is 2.81. The largest absolute Gasteiger partial charge is 0.375 e. The third-order valence-corrected chi connectivity index (χ3v) is 2.81. The Labute approximate surface area is 110 Å². The minimum atomic E-state index is -0.395.